The fourth-order valence-corrected chi connectivity index (χ4v) is 7.98. The van der Waals surface area contributed by atoms with E-state index >= 15 is 4.39 Å². The topological polar surface area (TPSA) is 86.7 Å². The summed E-state index contributed by atoms with van der Waals surface area (Å²) in [6, 6.07) is 6.06. The summed E-state index contributed by atoms with van der Waals surface area (Å²) in [5.74, 6) is -5.61. The first kappa shape index (κ1) is 26.7. The Morgan fingerprint density at radius 3 is 2.22 bits per heavy atom. The maximum absolute atomic E-state index is 15.2. The molecular formula is C22H20F6O6S2. The van der Waals surface area contributed by atoms with Crippen molar-refractivity contribution in [1.29, 1.82) is 0 Å². The van der Waals surface area contributed by atoms with Gasteiger partial charge in [-0.15, -0.1) is 0 Å². The molecule has 1 fully saturated rings. The van der Waals surface area contributed by atoms with Gasteiger partial charge in [-0.2, -0.15) is 13.2 Å². The highest BCUT2D eigenvalue weighted by molar-refractivity contribution is 7.92. The molecule has 2 aromatic carbocycles. The van der Waals surface area contributed by atoms with Crippen LogP contribution in [-0.2, 0) is 35.8 Å². The lowest BCUT2D eigenvalue weighted by Gasteiger charge is -2.50. The van der Waals surface area contributed by atoms with E-state index in [2.05, 4.69) is 0 Å². The zero-order valence-corrected chi connectivity index (χ0v) is 20.0. The highest BCUT2D eigenvalue weighted by atomic mass is 32.2. The molecule has 0 N–H and O–H groups in total. The van der Waals surface area contributed by atoms with Crippen LogP contribution in [0.2, 0.25) is 0 Å². The first-order valence-electron chi connectivity index (χ1n) is 10.7. The maximum Gasteiger partial charge on any atom is 0.497 e. The van der Waals surface area contributed by atoms with Gasteiger partial charge >= 0.3 is 5.51 Å². The van der Waals surface area contributed by atoms with E-state index in [1.54, 1.807) is 0 Å². The molecule has 0 radical (unpaired) electrons. The average molecular weight is 559 g/mol. The van der Waals surface area contributed by atoms with Gasteiger partial charge in [0.05, 0.1) is 28.9 Å². The molecule has 2 aromatic rings. The number of hydrogen-bond donors (Lipinski definition) is 0. The van der Waals surface area contributed by atoms with E-state index in [0.29, 0.717) is 6.07 Å². The van der Waals surface area contributed by atoms with Crippen LogP contribution in [0, 0.1) is 17.6 Å². The molecule has 14 heteroatoms. The fraction of sp³-hybridized carbons (Fsp3) is 0.455. The smallest absolute Gasteiger partial charge is 0.490 e. The van der Waals surface area contributed by atoms with Gasteiger partial charge in [-0.3, -0.25) is 0 Å². The first-order valence-corrected chi connectivity index (χ1v) is 13.8. The Balaban J connectivity index is 1.88. The number of halogens is 6. The predicted molar refractivity (Wildman–Crippen MR) is 114 cm³/mol. The van der Waals surface area contributed by atoms with Crippen LogP contribution in [0.4, 0.5) is 26.3 Å². The Labute approximate surface area is 203 Å². The molecule has 3 atom stereocenters. The van der Waals surface area contributed by atoms with E-state index in [4.69, 9.17) is 9.47 Å². The van der Waals surface area contributed by atoms with Crippen molar-refractivity contribution in [2.45, 2.75) is 40.8 Å². The Bertz CT molecular complexity index is 1360. The number of alkyl halides is 4. The highest BCUT2D eigenvalue weighted by Gasteiger charge is 2.62. The molecule has 1 saturated heterocycles. The molecule has 0 amide bonds. The van der Waals surface area contributed by atoms with Gasteiger partial charge in [0.15, 0.2) is 21.4 Å². The van der Waals surface area contributed by atoms with Crippen LogP contribution < -0.4 is 4.74 Å². The zero-order chi connectivity index (χ0) is 26.5. The fourth-order valence-electron chi connectivity index (χ4n) is 4.87. The minimum atomic E-state index is -5.57. The van der Waals surface area contributed by atoms with Gasteiger partial charge in [-0.25, -0.2) is 30.0 Å². The molecule has 0 unspecified atom stereocenters. The van der Waals surface area contributed by atoms with Crippen LogP contribution >= 0.6 is 0 Å². The lowest BCUT2D eigenvalue weighted by molar-refractivity contribution is -0.0742. The van der Waals surface area contributed by atoms with Gasteiger partial charge < -0.3 is 9.47 Å². The average Bonchev–Trinajstić information content (AvgIpc) is 2.83. The summed E-state index contributed by atoms with van der Waals surface area (Å²) in [5, 5.41) is 0. The van der Waals surface area contributed by atoms with Gasteiger partial charge in [0.1, 0.15) is 17.2 Å². The van der Waals surface area contributed by atoms with Gasteiger partial charge in [-0.1, -0.05) is 12.1 Å². The first-order chi connectivity index (χ1) is 16.8. The molecule has 0 saturated carbocycles. The van der Waals surface area contributed by atoms with E-state index in [1.807, 2.05) is 0 Å². The van der Waals surface area contributed by atoms with Gasteiger partial charge in [-0.05, 0) is 42.7 Å². The third-order valence-corrected chi connectivity index (χ3v) is 10.7. The minimum Gasteiger partial charge on any atom is -0.490 e. The molecule has 198 valence electrons. The van der Waals surface area contributed by atoms with Crippen LogP contribution in [0.15, 0.2) is 41.3 Å². The molecule has 4 rings (SSSR count). The van der Waals surface area contributed by atoms with E-state index in [1.165, 1.54) is 12.1 Å². The van der Waals surface area contributed by atoms with Crippen molar-refractivity contribution in [3.8, 4) is 5.75 Å². The zero-order valence-electron chi connectivity index (χ0n) is 18.4. The van der Waals surface area contributed by atoms with Gasteiger partial charge in [0.2, 0.25) is 9.84 Å². The number of benzene rings is 2. The normalized spacial score (nSPS) is 24.5. The van der Waals surface area contributed by atoms with E-state index in [9.17, 15) is 38.8 Å². The second-order valence-corrected chi connectivity index (χ2v) is 12.8. The summed E-state index contributed by atoms with van der Waals surface area (Å²) in [6.45, 7) is -1.87. The number of rotatable bonds is 6. The Morgan fingerprint density at radius 1 is 0.972 bits per heavy atom. The summed E-state index contributed by atoms with van der Waals surface area (Å²) in [7, 11) is -10.2. The monoisotopic (exact) mass is 558 g/mol. The summed E-state index contributed by atoms with van der Waals surface area (Å²) in [6.07, 6.45) is -2.59. The standard InChI is InChI=1S/C22H20F6O6S2/c23-11-13-1-3-14(4-2-13)36(31,32)21-8-9-33-18(7-10-35(29,30)22(26,27)28)15(21)12-34-20-17(25)6-5-16(24)19(20)21/h1-6,15,18H,7-12H2/t15-,18-,21-/m0/s1. The van der Waals surface area contributed by atoms with Crippen LogP contribution in [0.5, 0.6) is 5.75 Å². The highest BCUT2D eigenvalue weighted by Crippen LogP contribution is 2.56. The number of fused-ring (bicyclic) bond motifs is 3. The second-order valence-electron chi connectivity index (χ2n) is 8.53. The van der Waals surface area contributed by atoms with Crippen LogP contribution in [-0.4, -0.2) is 47.4 Å². The van der Waals surface area contributed by atoms with Gasteiger partial charge in [0, 0.05) is 12.5 Å². The van der Waals surface area contributed by atoms with E-state index in [-0.39, 0.29) is 10.5 Å². The molecule has 2 heterocycles. The molecule has 0 aliphatic carbocycles. The Kier molecular flexibility index (Phi) is 6.84. The summed E-state index contributed by atoms with van der Waals surface area (Å²) < 4.78 is 142. The summed E-state index contributed by atoms with van der Waals surface area (Å²) >= 11 is 0. The molecule has 2 aliphatic heterocycles. The van der Waals surface area contributed by atoms with Crippen molar-refractivity contribution in [2.24, 2.45) is 5.92 Å². The lowest BCUT2D eigenvalue weighted by Crippen LogP contribution is -2.57. The van der Waals surface area contributed by atoms with Crippen molar-refractivity contribution in [2.75, 3.05) is 19.0 Å². The Morgan fingerprint density at radius 2 is 1.61 bits per heavy atom. The maximum atomic E-state index is 15.2. The minimum absolute atomic E-state index is 0.162. The molecule has 0 bridgehead atoms. The van der Waals surface area contributed by atoms with Crippen LogP contribution in [0.25, 0.3) is 0 Å². The van der Waals surface area contributed by atoms with Crippen molar-refractivity contribution in [3.63, 3.8) is 0 Å². The largest absolute Gasteiger partial charge is 0.497 e. The quantitative estimate of drug-likeness (QED) is 0.494. The van der Waals surface area contributed by atoms with Crippen LogP contribution in [0.1, 0.15) is 24.0 Å². The summed E-state index contributed by atoms with van der Waals surface area (Å²) in [5.41, 5.74) is -6.01. The molecule has 2 aliphatic rings. The summed E-state index contributed by atoms with van der Waals surface area (Å²) in [4.78, 5) is -0.357. The van der Waals surface area contributed by atoms with Gasteiger partial charge in [0.25, 0.3) is 0 Å². The lowest BCUT2D eigenvalue weighted by atomic mass is 9.75. The van der Waals surface area contributed by atoms with Crippen molar-refractivity contribution < 1.29 is 52.7 Å². The van der Waals surface area contributed by atoms with Crippen molar-refractivity contribution >= 4 is 19.7 Å². The van der Waals surface area contributed by atoms with Crippen molar-refractivity contribution in [3.05, 3.63) is 59.2 Å². The molecular weight excluding hydrogens is 538 g/mol. The third kappa shape index (κ3) is 4.16. The Hall–Kier alpha value is -2.32. The van der Waals surface area contributed by atoms with Crippen LogP contribution in [0.3, 0.4) is 0 Å². The predicted octanol–water partition coefficient (Wildman–Crippen LogP) is 4.23. The number of ether oxygens (including phenoxy) is 2. The second kappa shape index (κ2) is 9.21. The molecule has 6 nitrogen and oxygen atoms in total. The number of sulfone groups is 2. The number of hydrogen-bond acceptors (Lipinski definition) is 6. The molecule has 36 heavy (non-hydrogen) atoms. The SMILES string of the molecule is O=S(=O)(CC[C@@H]1OCC[C@@]2(S(=O)(=O)c3ccc(CF)cc3)c3c(F)ccc(F)c3OC[C@@H]12)C(F)(F)F. The van der Waals surface area contributed by atoms with Crippen molar-refractivity contribution in [1.82, 2.24) is 0 Å². The molecule has 0 aromatic heterocycles. The van der Waals surface area contributed by atoms with E-state index in [0.717, 1.165) is 18.2 Å². The molecule has 0 spiro atoms. The van der Waals surface area contributed by atoms with E-state index < -0.39 is 103 Å². The third-order valence-electron chi connectivity index (χ3n) is 6.63.